The average Bonchev–Trinajstić information content (AvgIpc) is 3.01. The predicted octanol–water partition coefficient (Wildman–Crippen LogP) is 3.32. The molecule has 0 saturated carbocycles. The Morgan fingerprint density at radius 3 is 2.96 bits per heavy atom. The number of urea groups is 1. The van der Waals surface area contributed by atoms with E-state index in [4.69, 9.17) is 9.47 Å². The van der Waals surface area contributed by atoms with Crippen LogP contribution in [0, 0.1) is 0 Å². The molecule has 1 fully saturated rings. The van der Waals surface area contributed by atoms with Crippen molar-refractivity contribution in [2.45, 2.75) is 39.0 Å². The van der Waals surface area contributed by atoms with Gasteiger partial charge < -0.3 is 24.3 Å². The fraction of sp³-hybridized carbons (Fsp3) is 0.526. The van der Waals surface area contributed by atoms with Gasteiger partial charge in [0, 0.05) is 38.6 Å². The summed E-state index contributed by atoms with van der Waals surface area (Å²) in [6.45, 7) is 6.80. The normalized spacial score (nSPS) is 20.8. The van der Waals surface area contributed by atoms with Crippen molar-refractivity contribution in [2.24, 2.45) is 0 Å². The predicted molar refractivity (Wildman–Crippen MR) is 99.0 cm³/mol. The Hall–Kier alpha value is -2.05. The number of hydrogen-bond donors (Lipinski definition) is 1. The van der Waals surface area contributed by atoms with Crippen molar-refractivity contribution in [2.75, 3.05) is 32.1 Å². The average molecular weight is 345 g/mol. The van der Waals surface area contributed by atoms with Crippen molar-refractivity contribution >= 4 is 22.6 Å². The highest BCUT2D eigenvalue weighted by Crippen LogP contribution is 2.22. The van der Waals surface area contributed by atoms with Crippen molar-refractivity contribution in [1.29, 1.82) is 0 Å². The zero-order chi connectivity index (χ0) is 17.8. The first kappa shape index (κ1) is 17.8. The Kier molecular flexibility index (Phi) is 5.60. The van der Waals surface area contributed by atoms with Gasteiger partial charge in [-0.25, -0.2) is 4.79 Å². The van der Waals surface area contributed by atoms with E-state index in [0.717, 1.165) is 29.6 Å². The molecule has 0 radical (unpaired) electrons. The Labute approximate surface area is 148 Å². The number of benzene rings is 1. The summed E-state index contributed by atoms with van der Waals surface area (Å²) >= 11 is 0. The number of nitrogens with zero attached hydrogens (tertiary/aromatic N) is 2. The summed E-state index contributed by atoms with van der Waals surface area (Å²) in [5.74, 6) is 0. The minimum absolute atomic E-state index is 0.0667. The van der Waals surface area contributed by atoms with Crippen LogP contribution in [0.1, 0.15) is 20.3 Å². The lowest BCUT2D eigenvalue weighted by molar-refractivity contribution is -0.0632. The van der Waals surface area contributed by atoms with Crippen LogP contribution in [0.3, 0.4) is 0 Å². The summed E-state index contributed by atoms with van der Waals surface area (Å²) in [6.07, 6.45) is 3.14. The highest BCUT2D eigenvalue weighted by atomic mass is 16.5. The van der Waals surface area contributed by atoms with E-state index in [9.17, 15) is 4.79 Å². The van der Waals surface area contributed by atoms with Crippen molar-refractivity contribution in [3.63, 3.8) is 0 Å². The van der Waals surface area contributed by atoms with Crippen molar-refractivity contribution in [3.8, 4) is 0 Å². The molecule has 0 bridgehead atoms. The first-order valence-corrected chi connectivity index (χ1v) is 8.90. The highest BCUT2D eigenvalue weighted by Gasteiger charge is 2.27. The van der Waals surface area contributed by atoms with Crippen LogP contribution in [-0.4, -0.2) is 54.5 Å². The fourth-order valence-corrected chi connectivity index (χ4v) is 3.29. The van der Waals surface area contributed by atoms with Crippen LogP contribution in [0.2, 0.25) is 0 Å². The Morgan fingerprint density at radius 1 is 1.36 bits per heavy atom. The fourth-order valence-electron chi connectivity index (χ4n) is 3.29. The molecule has 1 aliphatic rings. The standard InChI is InChI=1S/C19H27N3O3/c1-4-17-13-22(12-14(2)25-17)19(23)20-16-6-5-15-7-8-21(9-10-24-3)18(15)11-16/h5-8,11,14,17H,4,9-10,12-13H2,1-3H3,(H,20,23). The van der Waals surface area contributed by atoms with Gasteiger partial charge in [-0.2, -0.15) is 0 Å². The summed E-state index contributed by atoms with van der Waals surface area (Å²) in [4.78, 5) is 14.5. The molecule has 25 heavy (non-hydrogen) atoms. The van der Waals surface area contributed by atoms with Gasteiger partial charge in [-0.15, -0.1) is 0 Å². The van der Waals surface area contributed by atoms with E-state index in [-0.39, 0.29) is 18.2 Å². The molecule has 1 N–H and O–H groups in total. The molecule has 0 spiro atoms. The molecule has 1 aromatic carbocycles. The van der Waals surface area contributed by atoms with Gasteiger partial charge in [0.05, 0.1) is 24.3 Å². The van der Waals surface area contributed by atoms with Crippen LogP contribution in [0.4, 0.5) is 10.5 Å². The second-order valence-corrected chi connectivity index (χ2v) is 6.59. The maximum atomic E-state index is 12.6. The lowest BCUT2D eigenvalue weighted by Gasteiger charge is -2.36. The van der Waals surface area contributed by atoms with Crippen LogP contribution in [0.15, 0.2) is 30.5 Å². The molecule has 1 aromatic heterocycles. The Bertz CT molecular complexity index is 728. The lowest BCUT2D eigenvalue weighted by Crippen LogP contribution is -2.50. The van der Waals surface area contributed by atoms with E-state index in [1.165, 1.54) is 0 Å². The second kappa shape index (κ2) is 7.89. The summed E-state index contributed by atoms with van der Waals surface area (Å²) in [7, 11) is 1.70. The van der Waals surface area contributed by atoms with Crippen LogP contribution >= 0.6 is 0 Å². The van der Waals surface area contributed by atoms with Gasteiger partial charge >= 0.3 is 6.03 Å². The van der Waals surface area contributed by atoms with Crippen molar-refractivity contribution in [3.05, 3.63) is 30.5 Å². The smallest absolute Gasteiger partial charge is 0.322 e. The molecule has 2 heterocycles. The number of aromatic nitrogens is 1. The van der Waals surface area contributed by atoms with E-state index in [1.807, 2.05) is 36.2 Å². The van der Waals surface area contributed by atoms with Gasteiger partial charge in [0.25, 0.3) is 0 Å². The van der Waals surface area contributed by atoms with Gasteiger partial charge in [0.1, 0.15) is 0 Å². The van der Waals surface area contributed by atoms with Gasteiger partial charge in [-0.3, -0.25) is 0 Å². The van der Waals surface area contributed by atoms with Crippen LogP contribution < -0.4 is 5.32 Å². The van der Waals surface area contributed by atoms with Crippen LogP contribution in [0.25, 0.3) is 10.9 Å². The molecular formula is C19H27N3O3. The third-order valence-electron chi connectivity index (χ3n) is 4.63. The minimum atomic E-state index is -0.0667. The van der Waals surface area contributed by atoms with Crippen LogP contribution in [0.5, 0.6) is 0 Å². The lowest BCUT2D eigenvalue weighted by atomic mass is 10.2. The second-order valence-electron chi connectivity index (χ2n) is 6.59. The SMILES string of the molecule is CCC1CN(C(=O)Nc2ccc3ccn(CCOC)c3c2)CC(C)O1. The molecule has 3 rings (SSSR count). The summed E-state index contributed by atoms with van der Waals surface area (Å²) in [6, 6.07) is 8.01. The molecular weight excluding hydrogens is 318 g/mol. The number of anilines is 1. The first-order valence-electron chi connectivity index (χ1n) is 8.90. The molecule has 2 atom stereocenters. The maximum Gasteiger partial charge on any atom is 0.322 e. The van der Waals surface area contributed by atoms with Crippen molar-refractivity contribution < 1.29 is 14.3 Å². The minimum Gasteiger partial charge on any atom is -0.383 e. The van der Waals surface area contributed by atoms with E-state index in [2.05, 4.69) is 22.9 Å². The number of morpholine rings is 1. The number of amides is 2. The third-order valence-corrected chi connectivity index (χ3v) is 4.63. The van der Waals surface area contributed by atoms with Gasteiger partial charge in [0.15, 0.2) is 0 Å². The molecule has 1 saturated heterocycles. The number of carbonyl (C=O) groups excluding carboxylic acids is 1. The molecule has 2 amide bonds. The summed E-state index contributed by atoms with van der Waals surface area (Å²) < 4.78 is 13.1. The van der Waals surface area contributed by atoms with Gasteiger partial charge in [0.2, 0.25) is 0 Å². The van der Waals surface area contributed by atoms with Gasteiger partial charge in [-0.05, 0) is 36.9 Å². The van der Waals surface area contributed by atoms with E-state index in [0.29, 0.717) is 19.7 Å². The largest absolute Gasteiger partial charge is 0.383 e. The Morgan fingerprint density at radius 2 is 2.20 bits per heavy atom. The summed E-state index contributed by atoms with van der Waals surface area (Å²) in [5.41, 5.74) is 1.90. The molecule has 6 nitrogen and oxygen atoms in total. The van der Waals surface area contributed by atoms with Crippen molar-refractivity contribution in [1.82, 2.24) is 9.47 Å². The molecule has 0 aliphatic carbocycles. The number of methoxy groups -OCH3 is 1. The van der Waals surface area contributed by atoms with Crippen LogP contribution in [-0.2, 0) is 16.0 Å². The Balaban J connectivity index is 1.72. The van der Waals surface area contributed by atoms with Gasteiger partial charge in [-0.1, -0.05) is 13.0 Å². The van der Waals surface area contributed by atoms with E-state index in [1.54, 1.807) is 7.11 Å². The molecule has 136 valence electrons. The molecule has 2 unspecified atom stereocenters. The zero-order valence-electron chi connectivity index (χ0n) is 15.2. The number of fused-ring (bicyclic) bond motifs is 1. The number of rotatable bonds is 5. The highest BCUT2D eigenvalue weighted by molar-refractivity contribution is 5.93. The quantitative estimate of drug-likeness (QED) is 0.904. The monoisotopic (exact) mass is 345 g/mol. The summed E-state index contributed by atoms with van der Waals surface area (Å²) in [5, 5.41) is 4.18. The maximum absolute atomic E-state index is 12.6. The topological polar surface area (TPSA) is 55.7 Å². The molecule has 1 aliphatic heterocycles. The number of carbonyl (C=O) groups is 1. The molecule has 6 heteroatoms. The van der Waals surface area contributed by atoms with E-state index < -0.39 is 0 Å². The number of hydrogen-bond acceptors (Lipinski definition) is 3. The number of nitrogens with one attached hydrogen (secondary N) is 1. The first-order chi connectivity index (χ1) is 12.1. The van der Waals surface area contributed by atoms with E-state index >= 15 is 0 Å². The third kappa shape index (κ3) is 4.14. The number of ether oxygens (including phenoxy) is 2. The zero-order valence-corrected chi connectivity index (χ0v) is 15.2. The molecule has 2 aromatic rings.